The molecule has 1 N–H and O–H groups in total. The van der Waals surface area contributed by atoms with Crippen molar-refractivity contribution in [3.8, 4) is 0 Å². The summed E-state index contributed by atoms with van der Waals surface area (Å²) in [4.78, 5) is 22.8. The third kappa shape index (κ3) is 3.16. The van der Waals surface area contributed by atoms with Gasteiger partial charge in [0.05, 0.1) is 0 Å². The molecule has 2 aromatic heterocycles. The zero-order valence-corrected chi connectivity index (χ0v) is 14.3. The molecule has 0 bridgehead atoms. The Kier molecular flexibility index (Phi) is 6.10. The molecule has 2 atom stereocenters. The van der Waals surface area contributed by atoms with Gasteiger partial charge in [0.2, 0.25) is 5.82 Å². The number of carbonyl (C=O) groups is 1. The first-order valence-electron chi connectivity index (χ1n) is 6.80. The average Bonchev–Trinajstić information content (AvgIpc) is 2.87. The van der Waals surface area contributed by atoms with Crippen LogP contribution in [0.25, 0.3) is 5.78 Å². The number of hydrogen-bond donors (Lipinski definition) is 1. The Labute approximate surface area is 141 Å². The van der Waals surface area contributed by atoms with Gasteiger partial charge in [-0.05, 0) is 26.8 Å². The number of nitrogens with one attached hydrogen (secondary N) is 1. The van der Waals surface area contributed by atoms with Gasteiger partial charge in [0.25, 0.3) is 11.7 Å². The maximum Gasteiger partial charge on any atom is 0.293 e. The van der Waals surface area contributed by atoms with E-state index in [0.717, 1.165) is 12.2 Å². The summed E-state index contributed by atoms with van der Waals surface area (Å²) in [5.74, 6) is 0.549. The summed E-state index contributed by atoms with van der Waals surface area (Å²) < 4.78 is 1.60. The van der Waals surface area contributed by atoms with E-state index in [9.17, 15) is 4.79 Å². The van der Waals surface area contributed by atoms with Gasteiger partial charge >= 0.3 is 0 Å². The highest BCUT2D eigenvalue weighted by atomic mass is 35.5. The molecule has 0 aliphatic carbocycles. The molecular formula is C13H20Cl2N6O. The molecule has 2 aromatic rings. The standard InChI is InChI=1S/C13H18N6O.2ClH/c1-8-4-5-15-13-16-11(17-19(8)13)12(20)18-7-6-14-9(2)10(18)3;;/h4-5,9-10,14H,6-7H2,1-3H3;2*1H. The molecule has 9 heteroatoms. The highest BCUT2D eigenvalue weighted by Crippen LogP contribution is 2.12. The van der Waals surface area contributed by atoms with Crippen LogP contribution in [-0.4, -0.2) is 55.6 Å². The van der Waals surface area contributed by atoms with Crippen LogP contribution in [0.5, 0.6) is 0 Å². The van der Waals surface area contributed by atoms with Crippen LogP contribution in [0, 0.1) is 6.92 Å². The minimum absolute atomic E-state index is 0. The van der Waals surface area contributed by atoms with Crippen LogP contribution in [0.15, 0.2) is 12.3 Å². The van der Waals surface area contributed by atoms with Crippen molar-refractivity contribution in [1.82, 2.24) is 29.8 Å². The normalized spacial score (nSPS) is 21.1. The molecule has 2 unspecified atom stereocenters. The summed E-state index contributed by atoms with van der Waals surface area (Å²) in [7, 11) is 0. The van der Waals surface area contributed by atoms with Crippen molar-refractivity contribution in [3.63, 3.8) is 0 Å². The Hall–Kier alpha value is -1.44. The summed E-state index contributed by atoms with van der Waals surface area (Å²) in [6.07, 6.45) is 1.67. The molecule has 1 amide bonds. The molecule has 22 heavy (non-hydrogen) atoms. The van der Waals surface area contributed by atoms with Crippen molar-refractivity contribution < 1.29 is 4.79 Å². The number of halogens is 2. The van der Waals surface area contributed by atoms with Gasteiger partial charge in [-0.15, -0.1) is 29.9 Å². The molecule has 7 nitrogen and oxygen atoms in total. The van der Waals surface area contributed by atoms with Crippen LogP contribution in [0.3, 0.4) is 0 Å². The monoisotopic (exact) mass is 346 g/mol. The van der Waals surface area contributed by atoms with Crippen LogP contribution in [0.2, 0.25) is 0 Å². The second-order valence-corrected chi connectivity index (χ2v) is 5.22. The van der Waals surface area contributed by atoms with Gasteiger partial charge < -0.3 is 10.2 Å². The number of amides is 1. The molecule has 0 aromatic carbocycles. The van der Waals surface area contributed by atoms with E-state index in [-0.39, 0.29) is 48.6 Å². The summed E-state index contributed by atoms with van der Waals surface area (Å²) >= 11 is 0. The summed E-state index contributed by atoms with van der Waals surface area (Å²) in [6, 6.07) is 2.23. The first-order valence-corrected chi connectivity index (χ1v) is 6.80. The van der Waals surface area contributed by atoms with E-state index < -0.39 is 0 Å². The van der Waals surface area contributed by atoms with Crippen molar-refractivity contribution in [3.05, 3.63) is 23.8 Å². The van der Waals surface area contributed by atoms with Gasteiger partial charge in [-0.3, -0.25) is 4.79 Å². The van der Waals surface area contributed by atoms with E-state index in [1.54, 1.807) is 10.7 Å². The molecule has 0 saturated carbocycles. The fraction of sp³-hybridized carbons (Fsp3) is 0.538. The molecule has 1 fully saturated rings. The van der Waals surface area contributed by atoms with E-state index in [2.05, 4.69) is 27.3 Å². The number of carbonyl (C=O) groups excluding carboxylic acids is 1. The zero-order valence-electron chi connectivity index (χ0n) is 12.7. The second kappa shape index (κ2) is 7.21. The second-order valence-electron chi connectivity index (χ2n) is 5.22. The molecule has 0 spiro atoms. The van der Waals surface area contributed by atoms with Gasteiger partial charge in [-0.1, -0.05) is 0 Å². The van der Waals surface area contributed by atoms with Gasteiger partial charge in [0, 0.05) is 37.1 Å². The number of rotatable bonds is 1. The van der Waals surface area contributed by atoms with Crippen LogP contribution in [0.4, 0.5) is 0 Å². The van der Waals surface area contributed by atoms with E-state index in [1.165, 1.54) is 0 Å². The van der Waals surface area contributed by atoms with E-state index in [1.807, 2.05) is 24.8 Å². The SMILES string of the molecule is Cc1ccnc2nc(C(=O)N3CCNC(C)C3C)nn12.Cl.Cl. The lowest BCUT2D eigenvalue weighted by Crippen LogP contribution is -2.57. The lowest BCUT2D eigenvalue weighted by Gasteiger charge is -2.37. The quantitative estimate of drug-likeness (QED) is 0.836. The fourth-order valence-corrected chi connectivity index (χ4v) is 2.47. The first-order chi connectivity index (χ1) is 9.58. The van der Waals surface area contributed by atoms with E-state index >= 15 is 0 Å². The maximum atomic E-state index is 12.6. The average molecular weight is 347 g/mol. The molecule has 3 heterocycles. The van der Waals surface area contributed by atoms with Crippen molar-refractivity contribution in [2.45, 2.75) is 32.9 Å². The Morgan fingerprint density at radius 3 is 2.77 bits per heavy atom. The zero-order chi connectivity index (χ0) is 14.3. The van der Waals surface area contributed by atoms with Crippen molar-refractivity contribution in [2.24, 2.45) is 0 Å². The molecule has 122 valence electrons. The molecule has 3 rings (SSSR count). The van der Waals surface area contributed by atoms with Crippen molar-refractivity contribution in [2.75, 3.05) is 13.1 Å². The Bertz CT molecular complexity index is 661. The van der Waals surface area contributed by atoms with E-state index in [0.29, 0.717) is 12.3 Å². The lowest BCUT2D eigenvalue weighted by molar-refractivity contribution is 0.0590. The fourth-order valence-electron chi connectivity index (χ4n) is 2.47. The minimum atomic E-state index is -0.129. The molecule has 1 aliphatic heterocycles. The number of nitrogens with zero attached hydrogens (tertiary/aromatic N) is 5. The molecule has 0 radical (unpaired) electrons. The van der Waals surface area contributed by atoms with Gasteiger partial charge in [-0.2, -0.15) is 4.98 Å². The first kappa shape index (κ1) is 18.6. The van der Waals surface area contributed by atoms with Crippen LogP contribution in [0.1, 0.15) is 30.2 Å². The van der Waals surface area contributed by atoms with Crippen molar-refractivity contribution in [1.29, 1.82) is 0 Å². The maximum absolute atomic E-state index is 12.6. The third-order valence-corrected chi connectivity index (χ3v) is 3.92. The molecule has 1 aliphatic rings. The number of piperazine rings is 1. The Morgan fingerprint density at radius 1 is 1.36 bits per heavy atom. The third-order valence-electron chi connectivity index (χ3n) is 3.92. The number of fused-ring (bicyclic) bond motifs is 1. The minimum Gasteiger partial charge on any atom is -0.330 e. The largest absolute Gasteiger partial charge is 0.330 e. The van der Waals surface area contributed by atoms with Crippen LogP contribution >= 0.6 is 24.8 Å². The highest BCUT2D eigenvalue weighted by Gasteiger charge is 2.31. The predicted octanol–water partition coefficient (Wildman–Crippen LogP) is 1.10. The Balaban J connectivity index is 0.00000121. The van der Waals surface area contributed by atoms with Crippen molar-refractivity contribution >= 4 is 36.5 Å². The smallest absolute Gasteiger partial charge is 0.293 e. The van der Waals surface area contributed by atoms with Gasteiger partial charge in [-0.25, -0.2) is 9.50 Å². The molecule has 1 saturated heterocycles. The number of aromatic nitrogens is 4. The summed E-state index contributed by atoms with van der Waals surface area (Å²) in [5.41, 5.74) is 0.906. The van der Waals surface area contributed by atoms with Gasteiger partial charge in [0.1, 0.15) is 0 Å². The summed E-state index contributed by atoms with van der Waals surface area (Å²) in [6.45, 7) is 7.49. The van der Waals surface area contributed by atoms with Crippen LogP contribution in [-0.2, 0) is 0 Å². The Morgan fingerprint density at radius 2 is 2.09 bits per heavy atom. The van der Waals surface area contributed by atoms with Gasteiger partial charge in [0.15, 0.2) is 0 Å². The highest BCUT2D eigenvalue weighted by molar-refractivity contribution is 5.91. The topological polar surface area (TPSA) is 75.4 Å². The summed E-state index contributed by atoms with van der Waals surface area (Å²) in [5, 5.41) is 7.63. The lowest BCUT2D eigenvalue weighted by atomic mass is 10.1. The van der Waals surface area contributed by atoms with E-state index in [4.69, 9.17) is 0 Å². The number of aryl methyl sites for hydroxylation is 1. The predicted molar refractivity (Wildman–Crippen MR) is 88.0 cm³/mol. The van der Waals surface area contributed by atoms with Crippen LogP contribution < -0.4 is 5.32 Å². The number of hydrogen-bond acceptors (Lipinski definition) is 5. The molecular weight excluding hydrogens is 327 g/mol.